The van der Waals surface area contributed by atoms with Gasteiger partial charge in [-0.2, -0.15) is 12.6 Å². The molecular formula is C49H100ClN5O4S. The summed E-state index contributed by atoms with van der Waals surface area (Å²) < 4.78 is 15.7. The van der Waals surface area contributed by atoms with Crippen LogP contribution in [0.1, 0.15) is 177 Å². The lowest BCUT2D eigenvalue weighted by molar-refractivity contribution is 0.114. The molecule has 4 unspecified atom stereocenters. The molecule has 3 aliphatic rings. The SMILES string of the molecule is CCCC1CCC2OC2C1.CCCCCl.CCCCN.CCCCN=C=O.CCCCNCCN.CCCCNc1ccccc1.CCCCOCC1CO1.CCCCS. The van der Waals surface area contributed by atoms with Crippen LogP contribution in [0, 0.1) is 5.92 Å². The van der Waals surface area contributed by atoms with Crippen LogP contribution in [0.15, 0.2) is 35.3 Å². The van der Waals surface area contributed by atoms with E-state index in [4.69, 9.17) is 37.3 Å². The fourth-order valence-corrected chi connectivity index (χ4v) is 5.64. The first kappa shape index (κ1) is 65.4. The molecule has 0 aromatic heterocycles. The summed E-state index contributed by atoms with van der Waals surface area (Å²) >= 11 is 9.30. The standard InChI is InChI=1S/C10H15N.C9H16O.C7H14O2.C6H16N2.C5H9NO.C4H9Cl.C4H11N.C4H10S/c1-2-3-9-11-10-7-5-4-6-8-10;1-2-3-7-4-5-8-9(6-7)10-8;1-2-3-4-8-5-7-6-9-7;1-2-3-5-8-6-4-7;1-2-3-4-6-5-7;3*1-2-3-4-5/h4-8,11H,2-3,9H2,1H3;7-9H,2-6H2,1H3;7H,2-6H2,1H3;8H,2-7H2,1H3;2-4H2,1H3;2-4H2,1H3;2-5H2,1H3;5H,2-4H2,1H3. The van der Waals surface area contributed by atoms with Gasteiger partial charge in [0.1, 0.15) is 6.10 Å². The van der Waals surface area contributed by atoms with Gasteiger partial charge in [-0.25, -0.2) is 9.79 Å². The smallest absolute Gasteiger partial charge is 0.234 e. The Morgan fingerprint density at radius 2 is 1.38 bits per heavy atom. The molecule has 1 saturated carbocycles. The number of alkyl halides is 1. The Labute approximate surface area is 383 Å². The maximum atomic E-state index is 9.39. The van der Waals surface area contributed by atoms with Gasteiger partial charge in [0.2, 0.25) is 6.08 Å². The molecule has 2 aliphatic heterocycles. The minimum absolute atomic E-state index is 0.432. The van der Waals surface area contributed by atoms with E-state index >= 15 is 0 Å². The summed E-state index contributed by atoms with van der Waals surface area (Å²) in [6.07, 6.45) is 26.9. The monoisotopic (exact) mass is 890 g/mol. The van der Waals surface area contributed by atoms with Crippen LogP contribution >= 0.6 is 24.2 Å². The molecule has 4 rings (SSSR count). The third-order valence-electron chi connectivity index (χ3n) is 9.06. The average molecular weight is 891 g/mol. The fraction of sp³-hybridized carbons (Fsp3) is 0.857. The quantitative estimate of drug-likeness (QED) is 0.0163. The lowest BCUT2D eigenvalue weighted by Crippen LogP contribution is -2.23. The largest absolute Gasteiger partial charge is 0.385 e. The van der Waals surface area contributed by atoms with Crippen LogP contribution in [-0.2, 0) is 19.0 Å². The molecule has 4 atom stereocenters. The van der Waals surface area contributed by atoms with Crippen molar-refractivity contribution in [3.05, 3.63) is 30.3 Å². The zero-order valence-electron chi connectivity index (χ0n) is 40.5. The molecular weight excluding hydrogens is 790 g/mol. The van der Waals surface area contributed by atoms with Crippen LogP contribution in [0.5, 0.6) is 0 Å². The molecule has 0 radical (unpaired) electrons. The van der Waals surface area contributed by atoms with E-state index < -0.39 is 0 Å². The predicted molar refractivity (Wildman–Crippen MR) is 269 cm³/mol. The Morgan fingerprint density at radius 3 is 1.82 bits per heavy atom. The van der Waals surface area contributed by atoms with Crippen LogP contribution in [0.25, 0.3) is 0 Å². The molecule has 9 nitrogen and oxygen atoms in total. The number of anilines is 1. The van der Waals surface area contributed by atoms with Gasteiger partial charge in [0.15, 0.2) is 0 Å². The van der Waals surface area contributed by atoms with Crippen LogP contribution in [-0.4, -0.2) is 95.1 Å². The number of unbranched alkanes of at least 4 members (excludes halogenated alkanes) is 7. The van der Waals surface area contributed by atoms with E-state index in [2.05, 4.69) is 95.8 Å². The second kappa shape index (κ2) is 59.9. The Balaban J connectivity index is -0.000000304. The highest BCUT2D eigenvalue weighted by Crippen LogP contribution is 2.40. The molecule has 1 aromatic carbocycles. The Morgan fingerprint density at radius 1 is 0.767 bits per heavy atom. The van der Waals surface area contributed by atoms with Crippen LogP contribution in [0.2, 0.25) is 0 Å². The minimum Gasteiger partial charge on any atom is -0.385 e. The predicted octanol–water partition coefficient (Wildman–Crippen LogP) is 12.4. The number of aliphatic imine (C=N–C) groups is 1. The fourth-order valence-electron chi connectivity index (χ4n) is 5.06. The third kappa shape index (κ3) is 61.1. The highest BCUT2D eigenvalue weighted by Gasteiger charge is 2.43. The van der Waals surface area contributed by atoms with Gasteiger partial charge >= 0.3 is 0 Å². The number of hydrogen-bond acceptors (Lipinski definition) is 10. The molecule has 0 amide bonds. The summed E-state index contributed by atoms with van der Waals surface area (Å²) in [7, 11) is 0. The number of epoxide rings is 2. The number of para-hydroxylation sites is 1. The molecule has 3 fully saturated rings. The summed E-state index contributed by atoms with van der Waals surface area (Å²) in [5, 5.41) is 6.56. The van der Waals surface area contributed by atoms with Gasteiger partial charge in [-0.1, -0.05) is 131 Å². The number of hydrogen-bond donors (Lipinski definition) is 5. The van der Waals surface area contributed by atoms with Crippen molar-refractivity contribution in [1.29, 1.82) is 0 Å². The number of halogens is 1. The number of carbonyl (C=O) groups excluding carboxylic acids is 1. The first-order valence-electron chi connectivity index (χ1n) is 24.3. The number of nitrogens with one attached hydrogen (secondary N) is 2. The Hall–Kier alpha value is -1.20. The molecule has 1 aliphatic carbocycles. The van der Waals surface area contributed by atoms with Crippen molar-refractivity contribution in [2.45, 2.75) is 196 Å². The van der Waals surface area contributed by atoms with Gasteiger partial charge in [-0.05, 0) is 101 Å². The summed E-state index contributed by atoms with van der Waals surface area (Å²) in [4.78, 5) is 12.7. The van der Waals surface area contributed by atoms with Crippen molar-refractivity contribution in [3.8, 4) is 0 Å². The molecule has 0 spiro atoms. The van der Waals surface area contributed by atoms with Crippen molar-refractivity contribution >= 4 is 36.0 Å². The number of nitrogens with zero attached hydrogens (tertiary/aromatic N) is 1. The number of benzene rings is 1. The summed E-state index contributed by atoms with van der Waals surface area (Å²) in [6.45, 7) is 25.3. The van der Waals surface area contributed by atoms with Crippen molar-refractivity contribution < 1.29 is 19.0 Å². The van der Waals surface area contributed by atoms with Gasteiger partial charge < -0.3 is 36.3 Å². The summed E-state index contributed by atoms with van der Waals surface area (Å²) in [6, 6.07) is 10.3. The topological polar surface area (TPSA) is 140 Å². The number of thiol groups is 1. The first-order valence-corrected chi connectivity index (χ1v) is 25.5. The van der Waals surface area contributed by atoms with E-state index in [0.29, 0.717) is 24.9 Å². The molecule has 0 bridgehead atoms. The van der Waals surface area contributed by atoms with Gasteiger partial charge in [0.05, 0.1) is 32.0 Å². The number of fused-ring (bicyclic) bond motifs is 1. The Bertz CT molecular complexity index is 906. The van der Waals surface area contributed by atoms with E-state index in [1.165, 1.54) is 115 Å². The number of nitrogens with two attached hydrogens (primary N) is 2. The number of isocyanates is 1. The molecule has 6 N–H and O–H groups in total. The van der Waals surface area contributed by atoms with Crippen molar-refractivity contribution in [2.24, 2.45) is 22.4 Å². The highest BCUT2D eigenvalue weighted by molar-refractivity contribution is 7.80. The lowest BCUT2D eigenvalue weighted by atomic mass is 9.86. The zero-order valence-corrected chi connectivity index (χ0v) is 42.1. The number of ether oxygens (including phenoxy) is 3. The second-order valence-electron chi connectivity index (χ2n) is 15.2. The maximum absolute atomic E-state index is 9.39. The summed E-state index contributed by atoms with van der Waals surface area (Å²) in [5.41, 5.74) is 11.6. The van der Waals surface area contributed by atoms with Crippen LogP contribution in [0.4, 0.5) is 5.69 Å². The van der Waals surface area contributed by atoms with Crippen molar-refractivity contribution in [3.63, 3.8) is 0 Å². The molecule has 1 aromatic rings. The van der Waals surface area contributed by atoms with E-state index in [0.717, 1.165) is 89.4 Å². The zero-order chi connectivity index (χ0) is 45.6. The van der Waals surface area contributed by atoms with E-state index in [1.807, 2.05) is 18.2 Å². The molecule has 358 valence electrons. The molecule has 2 heterocycles. The van der Waals surface area contributed by atoms with Gasteiger partial charge in [-0.3, -0.25) is 0 Å². The minimum atomic E-state index is 0.432. The summed E-state index contributed by atoms with van der Waals surface area (Å²) in [5.74, 6) is 2.85. The maximum Gasteiger partial charge on any atom is 0.234 e. The number of rotatable bonds is 25. The van der Waals surface area contributed by atoms with Crippen LogP contribution < -0.4 is 22.1 Å². The highest BCUT2D eigenvalue weighted by atomic mass is 35.5. The average Bonchev–Trinajstić information content (AvgIpc) is 4.22. The van der Waals surface area contributed by atoms with Gasteiger partial charge in [-0.15, -0.1) is 11.6 Å². The van der Waals surface area contributed by atoms with E-state index in [9.17, 15) is 4.79 Å². The van der Waals surface area contributed by atoms with Gasteiger partial charge in [0.25, 0.3) is 0 Å². The molecule has 2 saturated heterocycles. The van der Waals surface area contributed by atoms with E-state index in [-0.39, 0.29) is 0 Å². The second-order valence-corrected chi connectivity index (χ2v) is 16.0. The third-order valence-corrected chi connectivity index (χ3v) is 9.65. The van der Waals surface area contributed by atoms with Crippen molar-refractivity contribution in [1.82, 2.24) is 5.32 Å². The van der Waals surface area contributed by atoms with Crippen molar-refractivity contribution in [2.75, 3.05) is 76.0 Å². The molecule has 60 heavy (non-hydrogen) atoms. The first-order chi connectivity index (χ1) is 29.3. The van der Waals surface area contributed by atoms with E-state index in [1.54, 1.807) is 0 Å². The Kier molecular flexibility index (Phi) is 65.3. The van der Waals surface area contributed by atoms with Crippen LogP contribution in [0.3, 0.4) is 0 Å². The normalized spacial score (nSPS) is 17.1. The van der Waals surface area contributed by atoms with Gasteiger partial charge in [0, 0.05) is 37.8 Å². The lowest BCUT2D eigenvalue weighted by Gasteiger charge is -2.17. The molecule has 11 heteroatoms.